The van der Waals surface area contributed by atoms with Crippen molar-refractivity contribution in [3.05, 3.63) is 41.5 Å². The lowest BCUT2D eigenvalue weighted by Crippen LogP contribution is -2.49. The van der Waals surface area contributed by atoms with Gasteiger partial charge in [0.25, 0.3) is 0 Å². The molecule has 0 aliphatic heterocycles. The number of rotatable bonds is 1. The summed E-state index contributed by atoms with van der Waals surface area (Å²) in [7, 11) is 0. The summed E-state index contributed by atoms with van der Waals surface area (Å²) in [6.07, 6.45) is 12.2. The number of nitriles is 1. The van der Waals surface area contributed by atoms with Gasteiger partial charge in [-0.25, -0.2) is 0 Å². The molecule has 4 aliphatic carbocycles. The van der Waals surface area contributed by atoms with Crippen molar-refractivity contribution < 1.29 is 5.11 Å². The number of nitrogens with zero attached hydrogens (tertiary/aromatic N) is 1. The normalized spacial score (nSPS) is 44.6. The molecule has 1 N–H and O–H groups in total. The Hall–Kier alpha value is -1.59. The molecule has 3 fully saturated rings. The topological polar surface area (TPSA) is 44.0 Å². The van der Waals surface area contributed by atoms with E-state index in [1.807, 2.05) is 12.1 Å². The summed E-state index contributed by atoms with van der Waals surface area (Å²) in [6.45, 7) is 4.55. The maximum Gasteiger partial charge on any atom is 0.0991 e. The molecule has 4 aliphatic rings. The van der Waals surface area contributed by atoms with E-state index in [1.54, 1.807) is 0 Å². The van der Waals surface area contributed by atoms with Crippen molar-refractivity contribution in [3.8, 4) is 6.07 Å². The van der Waals surface area contributed by atoms with Gasteiger partial charge in [0, 0.05) is 0 Å². The summed E-state index contributed by atoms with van der Waals surface area (Å²) >= 11 is 0. The van der Waals surface area contributed by atoms with E-state index in [0.29, 0.717) is 0 Å². The van der Waals surface area contributed by atoms with E-state index in [1.165, 1.54) is 49.7 Å². The minimum Gasteiger partial charge on any atom is -0.390 e. The van der Waals surface area contributed by atoms with Crippen LogP contribution in [0, 0.1) is 46.3 Å². The molecule has 2 heteroatoms. The van der Waals surface area contributed by atoms with Crippen molar-refractivity contribution in [1.82, 2.24) is 0 Å². The highest BCUT2D eigenvalue weighted by molar-refractivity contribution is 5.73. The second-order valence-electron chi connectivity index (χ2n) is 10.7. The molecule has 0 saturated heterocycles. The fraction of sp³-hybridized carbons (Fsp3) is 0.654. The molecular formula is C26H33NO. The van der Waals surface area contributed by atoms with Crippen molar-refractivity contribution in [2.24, 2.45) is 35.0 Å². The number of allylic oxidation sites excluding steroid dienone is 2. The Kier molecular flexibility index (Phi) is 4.25. The van der Waals surface area contributed by atoms with Gasteiger partial charge in [-0.2, -0.15) is 5.26 Å². The van der Waals surface area contributed by atoms with Crippen LogP contribution < -0.4 is 0 Å². The first-order valence-electron chi connectivity index (χ1n) is 11.3. The Morgan fingerprint density at radius 1 is 1.04 bits per heavy atom. The van der Waals surface area contributed by atoms with Crippen LogP contribution in [0.1, 0.15) is 76.3 Å². The van der Waals surface area contributed by atoms with Gasteiger partial charge in [-0.15, -0.1) is 0 Å². The summed E-state index contributed by atoms with van der Waals surface area (Å²) in [5, 5.41) is 19.9. The standard InChI is InChI=1S/C26H33NO/c1-25(28)12-10-20-19(15-25)6-7-22-21(20)11-13-26(2)23(8-9-24(22)26)18-5-3-4-17(14-18)16-27/h3-5,8,14,19-22,24,28H,6-7,9-13,15H2,1-2H3/t19-,20+,21-,22-,24+,25-,26-/m1/s1. The van der Waals surface area contributed by atoms with Crippen LogP contribution in [0.5, 0.6) is 0 Å². The molecule has 28 heavy (non-hydrogen) atoms. The zero-order valence-corrected chi connectivity index (χ0v) is 17.3. The molecule has 0 amide bonds. The smallest absolute Gasteiger partial charge is 0.0991 e. The molecule has 148 valence electrons. The third-order valence-electron chi connectivity index (χ3n) is 9.12. The molecule has 0 bridgehead atoms. The van der Waals surface area contributed by atoms with Crippen molar-refractivity contribution in [2.45, 2.75) is 70.8 Å². The zero-order valence-electron chi connectivity index (χ0n) is 17.3. The second kappa shape index (κ2) is 6.46. The van der Waals surface area contributed by atoms with Crippen molar-refractivity contribution in [3.63, 3.8) is 0 Å². The predicted octanol–water partition coefficient (Wildman–Crippen LogP) is 5.96. The van der Waals surface area contributed by atoms with Crippen LogP contribution >= 0.6 is 0 Å². The SMILES string of the molecule is C[C@@]1(O)CC[C@H]2[C@H](CC[C@@H]3[C@@H]2CC[C@]2(C)C(c4cccc(C#N)c4)=CC[C@@H]32)C1. The number of hydrogen-bond acceptors (Lipinski definition) is 2. The third kappa shape index (κ3) is 2.78. The van der Waals surface area contributed by atoms with E-state index >= 15 is 0 Å². The second-order valence-corrected chi connectivity index (χ2v) is 10.7. The van der Waals surface area contributed by atoms with Gasteiger partial charge in [0.15, 0.2) is 0 Å². The average molecular weight is 376 g/mol. The Balaban J connectivity index is 1.40. The number of hydrogen-bond donors (Lipinski definition) is 1. The van der Waals surface area contributed by atoms with E-state index in [-0.39, 0.29) is 5.41 Å². The minimum atomic E-state index is -0.426. The van der Waals surface area contributed by atoms with Crippen LogP contribution in [0.15, 0.2) is 30.3 Å². The first-order chi connectivity index (χ1) is 13.4. The van der Waals surface area contributed by atoms with Gasteiger partial charge in [-0.3, -0.25) is 0 Å². The molecule has 7 atom stereocenters. The van der Waals surface area contributed by atoms with Gasteiger partial charge in [0.05, 0.1) is 17.2 Å². The van der Waals surface area contributed by atoms with Gasteiger partial charge in [-0.05, 0) is 117 Å². The summed E-state index contributed by atoms with van der Waals surface area (Å²) in [5.74, 6) is 4.06. The first kappa shape index (κ1) is 18.4. The Bertz CT molecular complexity index is 846. The molecule has 2 nitrogen and oxygen atoms in total. The summed E-state index contributed by atoms with van der Waals surface area (Å²) in [5.41, 5.74) is 3.38. The van der Waals surface area contributed by atoms with Crippen LogP contribution in [0.25, 0.3) is 5.57 Å². The molecule has 1 aromatic carbocycles. The van der Waals surface area contributed by atoms with Crippen LogP contribution in [0.2, 0.25) is 0 Å². The van der Waals surface area contributed by atoms with Gasteiger partial charge < -0.3 is 5.11 Å². The summed E-state index contributed by atoms with van der Waals surface area (Å²) < 4.78 is 0. The molecule has 0 spiro atoms. The molecule has 3 saturated carbocycles. The number of fused-ring (bicyclic) bond motifs is 5. The summed E-state index contributed by atoms with van der Waals surface area (Å²) in [4.78, 5) is 0. The van der Waals surface area contributed by atoms with Crippen molar-refractivity contribution in [1.29, 1.82) is 5.26 Å². The maximum absolute atomic E-state index is 10.6. The van der Waals surface area contributed by atoms with E-state index in [2.05, 4.69) is 38.1 Å². The number of benzene rings is 1. The van der Waals surface area contributed by atoms with E-state index < -0.39 is 5.60 Å². The fourth-order valence-electron chi connectivity index (χ4n) is 7.85. The lowest BCUT2D eigenvalue weighted by Gasteiger charge is -2.56. The Morgan fingerprint density at radius 2 is 1.86 bits per heavy atom. The van der Waals surface area contributed by atoms with Gasteiger partial charge in [0.2, 0.25) is 0 Å². The quantitative estimate of drug-likeness (QED) is 0.658. The summed E-state index contributed by atoms with van der Waals surface area (Å²) in [6, 6.07) is 10.6. The molecule has 1 aromatic rings. The maximum atomic E-state index is 10.6. The molecule has 5 rings (SSSR count). The van der Waals surface area contributed by atoms with Crippen LogP contribution in [-0.4, -0.2) is 10.7 Å². The Labute approximate surface area is 169 Å². The third-order valence-corrected chi connectivity index (χ3v) is 9.12. The van der Waals surface area contributed by atoms with Crippen LogP contribution in [-0.2, 0) is 0 Å². The molecule has 0 aromatic heterocycles. The number of aliphatic hydroxyl groups is 1. The predicted molar refractivity (Wildman–Crippen MR) is 112 cm³/mol. The monoisotopic (exact) mass is 375 g/mol. The van der Waals surface area contributed by atoms with Crippen LogP contribution in [0.3, 0.4) is 0 Å². The molecule has 0 radical (unpaired) electrons. The van der Waals surface area contributed by atoms with E-state index in [0.717, 1.165) is 48.0 Å². The van der Waals surface area contributed by atoms with E-state index in [9.17, 15) is 10.4 Å². The lowest BCUT2D eigenvalue weighted by atomic mass is 9.49. The highest BCUT2D eigenvalue weighted by Crippen LogP contribution is 2.64. The van der Waals surface area contributed by atoms with Gasteiger partial charge in [0.1, 0.15) is 0 Å². The first-order valence-corrected chi connectivity index (χ1v) is 11.3. The zero-order chi connectivity index (χ0) is 19.5. The van der Waals surface area contributed by atoms with Crippen LogP contribution in [0.4, 0.5) is 0 Å². The van der Waals surface area contributed by atoms with Crippen molar-refractivity contribution in [2.75, 3.05) is 0 Å². The average Bonchev–Trinajstić information content (AvgIpc) is 3.04. The van der Waals surface area contributed by atoms with Crippen molar-refractivity contribution >= 4 is 5.57 Å². The molecular weight excluding hydrogens is 342 g/mol. The minimum absolute atomic E-state index is 0.266. The van der Waals surface area contributed by atoms with E-state index in [4.69, 9.17) is 0 Å². The fourth-order valence-corrected chi connectivity index (χ4v) is 7.85. The highest BCUT2D eigenvalue weighted by atomic mass is 16.3. The van der Waals surface area contributed by atoms with Gasteiger partial charge >= 0.3 is 0 Å². The van der Waals surface area contributed by atoms with Gasteiger partial charge in [-0.1, -0.05) is 25.1 Å². The Morgan fingerprint density at radius 3 is 2.68 bits per heavy atom. The largest absolute Gasteiger partial charge is 0.390 e. The highest BCUT2D eigenvalue weighted by Gasteiger charge is 2.55. The lowest BCUT2D eigenvalue weighted by molar-refractivity contribution is -0.0886. The molecule has 0 heterocycles. The molecule has 0 unspecified atom stereocenters.